The fourth-order valence-electron chi connectivity index (χ4n) is 2.56. The first-order valence-corrected chi connectivity index (χ1v) is 8.42. The van der Waals surface area contributed by atoms with E-state index < -0.39 is 0 Å². The van der Waals surface area contributed by atoms with Gasteiger partial charge in [0.05, 0.1) is 5.92 Å². The SMILES string of the molecule is CCc1nnc(NC(=O)[C@H]2CC(=O)N(Cc3ccccc3)C2)s1. The van der Waals surface area contributed by atoms with Gasteiger partial charge in [-0.15, -0.1) is 10.2 Å². The van der Waals surface area contributed by atoms with Crippen LogP contribution in [0, 0.1) is 5.92 Å². The second kappa shape index (κ2) is 6.87. The van der Waals surface area contributed by atoms with Gasteiger partial charge >= 0.3 is 0 Å². The van der Waals surface area contributed by atoms with Gasteiger partial charge in [0.2, 0.25) is 16.9 Å². The van der Waals surface area contributed by atoms with E-state index in [2.05, 4.69) is 15.5 Å². The Morgan fingerprint density at radius 3 is 2.83 bits per heavy atom. The molecule has 1 N–H and O–H groups in total. The Hall–Kier alpha value is -2.28. The number of aryl methyl sites for hydroxylation is 1. The summed E-state index contributed by atoms with van der Waals surface area (Å²) in [6.07, 6.45) is 1.04. The monoisotopic (exact) mass is 330 g/mol. The van der Waals surface area contributed by atoms with E-state index in [4.69, 9.17) is 0 Å². The molecule has 1 saturated heterocycles. The molecule has 2 amide bonds. The van der Waals surface area contributed by atoms with Crippen molar-refractivity contribution < 1.29 is 9.59 Å². The number of benzene rings is 1. The fourth-order valence-corrected chi connectivity index (χ4v) is 3.24. The van der Waals surface area contributed by atoms with Gasteiger partial charge < -0.3 is 10.2 Å². The minimum Gasteiger partial charge on any atom is -0.338 e. The molecule has 0 saturated carbocycles. The van der Waals surface area contributed by atoms with E-state index in [9.17, 15) is 9.59 Å². The zero-order chi connectivity index (χ0) is 16.2. The molecule has 23 heavy (non-hydrogen) atoms. The number of carbonyl (C=O) groups is 2. The summed E-state index contributed by atoms with van der Waals surface area (Å²) in [5, 5.41) is 12.1. The van der Waals surface area contributed by atoms with E-state index in [1.807, 2.05) is 37.3 Å². The number of nitrogens with one attached hydrogen (secondary N) is 1. The smallest absolute Gasteiger partial charge is 0.231 e. The van der Waals surface area contributed by atoms with Gasteiger partial charge in [0.1, 0.15) is 5.01 Å². The first-order valence-electron chi connectivity index (χ1n) is 7.60. The van der Waals surface area contributed by atoms with E-state index in [1.165, 1.54) is 11.3 Å². The molecule has 0 aliphatic carbocycles. The lowest BCUT2D eigenvalue weighted by molar-refractivity contribution is -0.128. The van der Waals surface area contributed by atoms with Crippen molar-refractivity contribution in [3.8, 4) is 0 Å². The molecule has 1 fully saturated rings. The Bertz CT molecular complexity index is 701. The summed E-state index contributed by atoms with van der Waals surface area (Å²) >= 11 is 1.37. The largest absolute Gasteiger partial charge is 0.338 e. The average Bonchev–Trinajstić information content (AvgIpc) is 3.15. The highest BCUT2D eigenvalue weighted by molar-refractivity contribution is 7.15. The number of hydrogen-bond acceptors (Lipinski definition) is 5. The van der Waals surface area contributed by atoms with Crippen LogP contribution in [0.1, 0.15) is 23.9 Å². The zero-order valence-corrected chi connectivity index (χ0v) is 13.7. The molecule has 1 aliphatic rings. The second-order valence-corrected chi connectivity index (χ2v) is 6.57. The van der Waals surface area contributed by atoms with Crippen molar-refractivity contribution in [2.24, 2.45) is 5.92 Å². The standard InChI is InChI=1S/C16H18N4O2S/c1-2-13-18-19-16(23-13)17-15(22)12-8-14(21)20(10-12)9-11-6-4-3-5-7-11/h3-7,12H,2,8-10H2,1H3,(H,17,19,22)/t12-/m0/s1. The molecule has 2 heterocycles. The maximum atomic E-state index is 12.3. The molecule has 1 aromatic carbocycles. The quantitative estimate of drug-likeness (QED) is 0.911. The van der Waals surface area contributed by atoms with Gasteiger partial charge in [0, 0.05) is 19.5 Å². The van der Waals surface area contributed by atoms with Crippen molar-refractivity contribution in [3.05, 3.63) is 40.9 Å². The highest BCUT2D eigenvalue weighted by Gasteiger charge is 2.34. The lowest BCUT2D eigenvalue weighted by Gasteiger charge is -2.16. The van der Waals surface area contributed by atoms with Crippen LogP contribution in [0.4, 0.5) is 5.13 Å². The Balaban J connectivity index is 1.59. The normalized spacial score (nSPS) is 17.5. The fraction of sp³-hybridized carbons (Fsp3) is 0.375. The molecule has 0 bridgehead atoms. The number of aromatic nitrogens is 2. The molecule has 1 atom stereocenters. The number of amides is 2. The molecule has 1 aromatic heterocycles. The van der Waals surface area contributed by atoms with Crippen LogP contribution in [0.25, 0.3) is 0 Å². The number of carbonyl (C=O) groups excluding carboxylic acids is 2. The van der Waals surface area contributed by atoms with Crippen molar-refractivity contribution in [2.75, 3.05) is 11.9 Å². The number of rotatable bonds is 5. The van der Waals surface area contributed by atoms with Gasteiger partial charge in [0.25, 0.3) is 0 Å². The van der Waals surface area contributed by atoms with Crippen LogP contribution < -0.4 is 5.32 Å². The van der Waals surface area contributed by atoms with Crippen LogP contribution in [-0.4, -0.2) is 33.5 Å². The third kappa shape index (κ3) is 3.73. The summed E-state index contributed by atoms with van der Waals surface area (Å²) in [4.78, 5) is 26.2. The van der Waals surface area contributed by atoms with Gasteiger partial charge in [-0.1, -0.05) is 48.6 Å². The van der Waals surface area contributed by atoms with Crippen LogP contribution in [0.2, 0.25) is 0 Å². The summed E-state index contributed by atoms with van der Waals surface area (Å²) in [5.74, 6) is -0.478. The van der Waals surface area contributed by atoms with Crippen molar-refractivity contribution in [1.82, 2.24) is 15.1 Å². The number of anilines is 1. The Labute approximate surface area is 138 Å². The van der Waals surface area contributed by atoms with Crippen LogP contribution in [-0.2, 0) is 22.6 Å². The Morgan fingerprint density at radius 2 is 2.13 bits per heavy atom. The van der Waals surface area contributed by atoms with Crippen molar-refractivity contribution >= 4 is 28.3 Å². The van der Waals surface area contributed by atoms with Crippen molar-refractivity contribution in [3.63, 3.8) is 0 Å². The molecule has 0 spiro atoms. The van der Waals surface area contributed by atoms with E-state index in [1.54, 1.807) is 4.90 Å². The molecule has 7 heteroatoms. The molecule has 0 unspecified atom stereocenters. The summed E-state index contributed by atoms with van der Waals surface area (Å²) < 4.78 is 0. The predicted octanol–water partition coefficient (Wildman–Crippen LogP) is 2.09. The first kappa shape index (κ1) is 15.6. The first-order chi connectivity index (χ1) is 11.2. The summed E-state index contributed by atoms with van der Waals surface area (Å²) in [6.45, 7) is 2.98. The maximum Gasteiger partial charge on any atom is 0.231 e. The zero-order valence-electron chi connectivity index (χ0n) is 12.9. The highest BCUT2D eigenvalue weighted by Crippen LogP contribution is 2.23. The third-order valence-corrected chi connectivity index (χ3v) is 4.78. The number of hydrogen-bond donors (Lipinski definition) is 1. The third-order valence-electron chi connectivity index (χ3n) is 3.80. The van der Waals surface area contributed by atoms with Crippen molar-refractivity contribution in [1.29, 1.82) is 0 Å². The minimum absolute atomic E-state index is 0.0144. The van der Waals surface area contributed by atoms with E-state index in [0.29, 0.717) is 18.2 Å². The molecular formula is C16H18N4O2S. The molecule has 6 nitrogen and oxygen atoms in total. The summed E-state index contributed by atoms with van der Waals surface area (Å²) in [5.41, 5.74) is 1.07. The van der Waals surface area contributed by atoms with Crippen LogP contribution >= 0.6 is 11.3 Å². The van der Waals surface area contributed by atoms with Gasteiger partial charge in [0.15, 0.2) is 0 Å². The molecule has 0 radical (unpaired) electrons. The number of nitrogens with zero attached hydrogens (tertiary/aromatic N) is 3. The van der Waals surface area contributed by atoms with Gasteiger partial charge in [-0.2, -0.15) is 0 Å². The van der Waals surface area contributed by atoms with E-state index in [0.717, 1.165) is 17.0 Å². The Kier molecular flexibility index (Phi) is 4.66. The average molecular weight is 330 g/mol. The topological polar surface area (TPSA) is 75.2 Å². The lowest BCUT2D eigenvalue weighted by atomic mass is 10.1. The van der Waals surface area contributed by atoms with Gasteiger partial charge in [-0.25, -0.2) is 0 Å². The summed E-state index contributed by atoms with van der Waals surface area (Å²) in [7, 11) is 0. The van der Waals surface area contributed by atoms with Crippen LogP contribution in [0.3, 0.4) is 0 Å². The van der Waals surface area contributed by atoms with Gasteiger partial charge in [-0.3, -0.25) is 9.59 Å². The van der Waals surface area contributed by atoms with Crippen molar-refractivity contribution in [2.45, 2.75) is 26.3 Å². The van der Waals surface area contributed by atoms with Crippen LogP contribution in [0.5, 0.6) is 0 Å². The Morgan fingerprint density at radius 1 is 1.35 bits per heavy atom. The summed E-state index contributed by atoms with van der Waals surface area (Å²) in [6, 6.07) is 9.79. The molecule has 120 valence electrons. The predicted molar refractivity (Wildman–Crippen MR) is 87.9 cm³/mol. The van der Waals surface area contributed by atoms with E-state index in [-0.39, 0.29) is 24.2 Å². The highest BCUT2D eigenvalue weighted by atomic mass is 32.1. The molecular weight excluding hydrogens is 312 g/mol. The second-order valence-electron chi connectivity index (χ2n) is 5.50. The molecule has 3 rings (SSSR count). The van der Waals surface area contributed by atoms with E-state index >= 15 is 0 Å². The lowest BCUT2D eigenvalue weighted by Crippen LogP contribution is -2.28. The molecule has 2 aromatic rings. The van der Waals surface area contributed by atoms with Gasteiger partial charge in [-0.05, 0) is 12.0 Å². The molecule has 1 aliphatic heterocycles. The maximum absolute atomic E-state index is 12.3. The number of likely N-dealkylation sites (tertiary alicyclic amines) is 1. The minimum atomic E-state index is -0.333. The van der Waals surface area contributed by atoms with Crippen LogP contribution in [0.15, 0.2) is 30.3 Å².